The van der Waals surface area contributed by atoms with E-state index in [2.05, 4.69) is 24.1 Å². The summed E-state index contributed by atoms with van der Waals surface area (Å²) < 4.78 is 0. The number of rotatable bonds is 5. The van der Waals surface area contributed by atoms with E-state index in [9.17, 15) is 4.79 Å². The van der Waals surface area contributed by atoms with Gasteiger partial charge in [-0.2, -0.15) is 0 Å². The summed E-state index contributed by atoms with van der Waals surface area (Å²) in [6, 6.07) is 0.698. The highest BCUT2D eigenvalue weighted by molar-refractivity contribution is 5.76. The van der Waals surface area contributed by atoms with Crippen LogP contribution < -0.4 is 5.32 Å². The van der Waals surface area contributed by atoms with E-state index >= 15 is 0 Å². The number of piperazine rings is 1. The van der Waals surface area contributed by atoms with Crippen LogP contribution in [0.5, 0.6) is 0 Å². The van der Waals surface area contributed by atoms with E-state index in [-0.39, 0.29) is 0 Å². The van der Waals surface area contributed by atoms with Crippen LogP contribution in [0.2, 0.25) is 0 Å². The van der Waals surface area contributed by atoms with E-state index in [1.165, 1.54) is 38.6 Å². The summed E-state index contributed by atoms with van der Waals surface area (Å²) in [6.07, 6.45) is 7.32. The molecule has 0 radical (unpaired) electrons. The molecule has 2 saturated heterocycles. The number of hydrogen-bond donors (Lipinski definition) is 1. The van der Waals surface area contributed by atoms with Crippen molar-refractivity contribution >= 4 is 5.91 Å². The summed E-state index contributed by atoms with van der Waals surface area (Å²) >= 11 is 0. The van der Waals surface area contributed by atoms with Crippen molar-refractivity contribution in [3.05, 3.63) is 0 Å². The molecule has 1 atom stereocenters. The standard InChI is InChI=1S/C17H33N3O/c1-15(2)14-16-6-4-3-5-10-19(16)11-7-17(21)20-12-8-18-9-13-20/h15-16,18H,3-14H2,1-2H3. The van der Waals surface area contributed by atoms with Crippen LogP contribution in [-0.2, 0) is 4.79 Å². The maximum absolute atomic E-state index is 12.3. The Balaban J connectivity index is 1.81. The lowest BCUT2D eigenvalue weighted by atomic mass is 9.98. The molecule has 1 unspecified atom stereocenters. The zero-order valence-electron chi connectivity index (χ0n) is 13.9. The molecule has 1 N–H and O–H groups in total. The lowest BCUT2D eigenvalue weighted by Gasteiger charge is -2.32. The molecule has 0 saturated carbocycles. The van der Waals surface area contributed by atoms with Gasteiger partial charge in [-0.3, -0.25) is 9.69 Å². The van der Waals surface area contributed by atoms with Crippen molar-refractivity contribution in [2.45, 2.75) is 58.4 Å². The number of nitrogens with zero attached hydrogens (tertiary/aromatic N) is 2. The van der Waals surface area contributed by atoms with Gasteiger partial charge in [0, 0.05) is 45.2 Å². The summed E-state index contributed by atoms with van der Waals surface area (Å²) in [6.45, 7) is 10.4. The molecule has 2 rings (SSSR count). The first-order valence-corrected chi connectivity index (χ1v) is 8.89. The largest absolute Gasteiger partial charge is 0.340 e. The number of hydrogen-bond acceptors (Lipinski definition) is 3. The minimum atomic E-state index is 0.351. The maximum Gasteiger partial charge on any atom is 0.223 e. The second kappa shape index (κ2) is 8.74. The highest BCUT2D eigenvalue weighted by atomic mass is 16.2. The Bertz CT molecular complexity index is 313. The molecule has 2 aliphatic rings. The molecular formula is C17H33N3O. The minimum Gasteiger partial charge on any atom is -0.340 e. The van der Waals surface area contributed by atoms with Crippen LogP contribution in [-0.4, -0.2) is 61.0 Å². The number of likely N-dealkylation sites (tertiary alicyclic amines) is 1. The van der Waals surface area contributed by atoms with Gasteiger partial charge in [-0.1, -0.05) is 26.7 Å². The summed E-state index contributed by atoms with van der Waals surface area (Å²) in [5.41, 5.74) is 0. The van der Waals surface area contributed by atoms with Gasteiger partial charge in [0.15, 0.2) is 0 Å². The SMILES string of the molecule is CC(C)CC1CCCCCN1CCC(=O)N1CCNCC1. The molecule has 0 aromatic rings. The average molecular weight is 295 g/mol. The third-order valence-electron chi connectivity index (χ3n) is 4.83. The van der Waals surface area contributed by atoms with E-state index in [0.717, 1.165) is 38.6 Å². The van der Waals surface area contributed by atoms with Crippen molar-refractivity contribution in [1.82, 2.24) is 15.1 Å². The topological polar surface area (TPSA) is 35.6 Å². The van der Waals surface area contributed by atoms with E-state index in [4.69, 9.17) is 0 Å². The number of carbonyl (C=O) groups excluding carboxylic acids is 1. The Morgan fingerprint density at radius 1 is 1.14 bits per heavy atom. The van der Waals surface area contributed by atoms with Crippen LogP contribution >= 0.6 is 0 Å². The minimum absolute atomic E-state index is 0.351. The zero-order valence-corrected chi connectivity index (χ0v) is 13.9. The van der Waals surface area contributed by atoms with Gasteiger partial charge in [0.25, 0.3) is 0 Å². The van der Waals surface area contributed by atoms with Crippen LogP contribution in [0.1, 0.15) is 52.4 Å². The van der Waals surface area contributed by atoms with E-state index < -0.39 is 0 Å². The summed E-state index contributed by atoms with van der Waals surface area (Å²) in [5, 5.41) is 3.31. The first-order chi connectivity index (χ1) is 10.2. The normalized spacial score (nSPS) is 25.1. The molecule has 0 bridgehead atoms. The fourth-order valence-electron chi connectivity index (χ4n) is 3.65. The number of nitrogens with one attached hydrogen (secondary N) is 1. The van der Waals surface area contributed by atoms with E-state index in [1.54, 1.807) is 0 Å². The highest BCUT2D eigenvalue weighted by Gasteiger charge is 2.23. The maximum atomic E-state index is 12.3. The fraction of sp³-hybridized carbons (Fsp3) is 0.941. The quantitative estimate of drug-likeness (QED) is 0.844. The number of amides is 1. The van der Waals surface area contributed by atoms with Crippen molar-refractivity contribution in [2.24, 2.45) is 5.92 Å². The first kappa shape index (κ1) is 16.8. The Labute approximate surface area is 130 Å². The molecule has 2 fully saturated rings. The fourth-order valence-corrected chi connectivity index (χ4v) is 3.65. The predicted octanol–water partition coefficient (Wildman–Crippen LogP) is 2.10. The van der Waals surface area contributed by atoms with Crippen LogP contribution in [0.25, 0.3) is 0 Å². The van der Waals surface area contributed by atoms with Gasteiger partial charge in [0.2, 0.25) is 5.91 Å². The van der Waals surface area contributed by atoms with Crippen LogP contribution in [0.3, 0.4) is 0 Å². The molecule has 2 heterocycles. The lowest BCUT2D eigenvalue weighted by Crippen LogP contribution is -2.47. The van der Waals surface area contributed by atoms with Crippen molar-refractivity contribution < 1.29 is 4.79 Å². The average Bonchev–Trinajstić information content (AvgIpc) is 2.70. The molecule has 21 heavy (non-hydrogen) atoms. The van der Waals surface area contributed by atoms with Gasteiger partial charge in [-0.15, -0.1) is 0 Å². The Kier molecular flexibility index (Phi) is 6.97. The molecule has 122 valence electrons. The second-order valence-electron chi connectivity index (χ2n) is 7.05. The zero-order chi connectivity index (χ0) is 15.1. The monoisotopic (exact) mass is 295 g/mol. The third kappa shape index (κ3) is 5.59. The molecule has 2 aliphatic heterocycles. The Morgan fingerprint density at radius 2 is 1.90 bits per heavy atom. The second-order valence-corrected chi connectivity index (χ2v) is 7.05. The molecule has 0 spiro atoms. The molecule has 4 heteroatoms. The predicted molar refractivity (Wildman–Crippen MR) is 87.4 cm³/mol. The van der Waals surface area contributed by atoms with Crippen molar-refractivity contribution in [2.75, 3.05) is 39.3 Å². The molecule has 0 aromatic heterocycles. The molecule has 0 aromatic carbocycles. The van der Waals surface area contributed by atoms with Crippen molar-refractivity contribution in [1.29, 1.82) is 0 Å². The Morgan fingerprint density at radius 3 is 2.62 bits per heavy atom. The third-order valence-corrected chi connectivity index (χ3v) is 4.83. The van der Waals surface area contributed by atoms with Crippen LogP contribution in [0.15, 0.2) is 0 Å². The number of carbonyl (C=O) groups is 1. The lowest BCUT2D eigenvalue weighted by molar-refractivity contribution is -0.132. The van der Waals surface area contributed by atoms with E-state index in [1.807, 2.05) is 4.90 Å². The van der Waals surface area contributed by atoms with Gasteiger partial charge in [0.1, 0.15) is 0 Å². The molecule has 1 amide bonds. The van der Waals surface area contributed by atoms with Gasteiger partial charge >= 0.3 is 0 Å². The van der Waals surface area contributed by atoms with Crippen molar-refractivity contribution in [3.63, 3.8) is 0 Å². The van der Waals surface area contributed by atoms with Gasteiger partial charge in [-0.05, 0) is 31.7 Å². The molecule has 4 nitrogen and oxygen atoms in total. The van der Waals surface area contributed by atoms with Gasteiger partial charge < -0.3 is 10.2 Å². The van der Waals surface area contributed by atoms with Gasteiger partial charge in [0.05, 0.1) is 0 Å². The summed E-state index contributed by atoms with van der Waals surface area (Å²) in [5.74, 6) is 1.10. The molecule has 0 aliphatic carbocycles. The highest BCUT2D eigenvalue weighted by Crippen LogP contribution is 2.22. The smallest absolute Gasteiger partial charge is 0.223 e. The van der Waals surface area contributed by atoms with Crippen LogP contribution in [0.4, 0.5) is 0 Å². The van der Waals surface area contributed by atoms with Gasteiger partial charge in [-0.25, -0.2) is 0 Å². The Hall–Kier alpha value is -0.610. The summed E-state index contributed by atoms with van der Waals surface area (Å²) in [7, 11) is 0. The first-order valence-electron chi connectivity index (χ1n) is 8.89. The van der Waals surface area contributed by atoms with Crippen LogP contribution in [0, 0.1) is 5.92 Å². The van der Waals surface area contributed by atoms with E-state index in [0.29, 0.717) is 18.4 Å². The molecular weight excluding hydrogens is 262 g/mol. The summed E-state index contributed by atoms with van der Waals surface area (Å²) in [4.78, 5) is 17.0. The van der Waals surface area contributed by atoms with Crippen molar-refractivity contribution in [3.8, 4) is 0 Å².